The fourth-order valence-electron chi connectivity index (χ4n) is 3.40. The molecule has 150 valence electrons. The van der Waals surface area contributed by atoms with Crippen LogP contribution in [0.2, 0.25) is 5.02 Å². The zero-order valence-electron chi connectivity index (χ0n) is 16.5. The van der Waals surface area contributed by atoms with Gasteiger partial charge in [0.15, 0.2) is 0 Å². The Labute approximate surface area is 175 Å². The topological polar surface area (TPSA) is 92.2 Å². The van der Waals surface area contributed by atoms with Crippen LogP contribution in [0.4, 0.5) is 5.69 Å². The minimum Gasteiger partial charge on any atom is -0.390 e. The quantitative estimate of drug-likeness (QED) is 0.276. The molecule has 0 atom stereocenters. The number of aliphatic imine (C=N–C) groups is 1. The third-order valence-electron chi connectivity index (χ3n) is 4.71. The molecule has 6 heteroatoms. The van der Waals surface area contributed by atoms with Crippen molar-refractivity contribution in [1.29, 1.82) is 0 Å². The van der Waals surface area contributed by atoms with Crippen LogP contribution >= 0.6 is 11.6 Å². The number of fused-ring (bicyclic) bond motifs is 3. The Hall–Kier alpha value is -3.02. The zero-order valence-corrected chi connectivity index (χ0v) is 17.2. The van der Waals surface area contributed by atoms with Crippen molar-refractivity contribution in [2.24, 2.45) is 16.5 Å². The second-order valence-corrected chi connectivity index (χ2v) is 6.95. The Bertz CT molecular complexity index is 1100. The highest BCUT2D eigenvalue weighted by Gasteiger charge is 2.11. The van der Waals surface area contributed by atoms with Crippen molar-refractivity contribution >= 4 is 45.4 Å². The van der Waals surface area contributed by atoms with Crippen LogP contribution in [0.15, 0.2) is 65.7 Å². The van der Waals surface area contributed by atoms with Gasteiger partial charge in [0.1, 0.15) is 0 Å². The minimum atomic E-state index is 0.657. The van der Waals surface area contributed by atoms with E-state index in [1.54, 1.807) is 0 Å². The van der Waals surface area contributed by atoms with Gasteiger partial charge in [-0.3, -0.25) is 4.99 Å². The van der Waals surface area contributed by atoms with Crippen LogP contribution in [0.1, 0.15) is 11.1 Å². The van der Waals surface area contributed by atoms with Crippen LogP contribution in [0.5, 0.6) is 0 Å². The van der Waals surface area contributed by atoms with Gasteiger partial charge in [0, 0.05) is 45.6 Å². The molecule has 1 aromatic heterocycles. The normalized spacial score (nSPS) is 11.0. The van der Waals surface area contributed by atoms with Crippen molar-refractivity contribution in [3.8, 4) is 0 Å². The largest absolute Gasteiger partial charge is 0.390 e. The van der Waals surface area contributed by atoms with E-state index in [9.17, 15) is 0 Å². The van der Waals surface area contributed by atoms with Gasteiger partial charge >= 0.3 is 0 Å². The number of hydrogen-bond donors (Lipinski definition) is 4. The fourth-order valence-corrected chi connectivity index (χ4v) is 3.58. The van der Waals surface area contributed by atoms with Crippen LogP contribution in [0.25, 0.3) is 21.8 Å². The average molecular weight is 408 g/mol. The number of anilines is 1. The second kappa shape index (κ2) is 9.96. The van der Waals surface area contributed by atoms with Crippen LogP contribution in [-0.2, 0) is 13.0 Å². The number of aromatic nitrogens is 1. The lowest BCUT2D eigenvalue weighted by molar-refractivity contribution is 0.976. The van der Waals surface area contributed by atoms with E-state index >= 15 is 0 Å². The third-order valence-corrected chi connectivity index (χ3v) is 4.94. The number of rotatable bonds is 6. The Morgan fingerprint density at radius 2 is 1.83 bits per heavy atom. The summed E-state index contributed by atoms with van der Waals surface area (Å²) in [5.74, 6) is 0. The van der Waals surface area contributed by atoms with E-state index in [-0.39, 0.29) is 0 Å². The first-order valence-electron chi connectivity index (χ1n) is 9.54. The monoisotopic (exact) mass is 407 g/mol. The van der Waals surface area contributed by atoms with Crippen LogP contribution < -0.4 is 16.8 Å². The molecule has 3 aromatic carbocycles. The number of hydrogen-bond acceptors (Lipinski definition) is 3. The molecular formula is C23H26ClN5. The number of nitrogens with two attached hydrogens (primary N) is 2. The number of nitrogens with one attached hydrogen (secondary N) is 2. The molecule has 5 nitrogen and oxygen atoms in total. The molecule has 4 aromatic rings. The van der Waals surface area contributed by atoms with Crippen molar-refractivity contribution < 1.29 is 0 Å². The van der Waals surface area contributed by atoms with Gasteiger partial charge in [-0.1, -0.05) is 41.9 Å². The molecule has 0 amide bonds. The maximum absolute atomic E-state index is 6.24. The Morgan fingerprint density at radius 3 is 2.59 bits per heavy atom. The Morgan fingerprint density at radius 1 is 1.03 bits per heavy atom. The highest BCUT2D eigenvalue weighted by atomic mass is 35.5. The maximum Gasteiger partial charge on any atom is 0.0797 e. The molecule has 0 aliphatic carbocycles. The first kappa shape index (κ1) is 20.7. The minimum absolute atomic E-state index is 0.657. The van der Waals surface area contributed by atoms with Crippen molar-refractivity contribution in [1.82, 2.24) is 4.98 Å². The second-order valence-electron chi connectivity index (χ2n) is 6.52. The van der Waals surface area contributed by atoms with E-state index in [2.05, 4.69) is 57.4 Å². The average Bonchev–Trinajstić information content (AvgIpc) is 3.13. The van der Waals surface area contributed by atoms with E-state index in [1.807, 2.05) is 24.3 Å². The summed E-state index contributed by atoms with van der Waals surface area (Å²) >= 11 is 6.24. The zero-order chi connectivity index (χ0) is 20.6. The van der Waals surface area contributed by atoms with E-state index in [0.717, 1.165) is 45.5 Å². The fraction of sp³-hybridized carbons (Fsp3) is 0.174. The summed E-state index contributed by atoms with van der Waals surface area (Å²) in [4.78, 5) is 7.69. The predicted molar refractivity (Wildman–Crippen MR) is 126 cm³/mol. The first-order chi connectivity index (χ1) is 14.2. The smallest absolute Gasteiger partial charge is 0.0797 e. The highest BCUT2D eigenvalue weighted by molar-refractivity contribution is 6.31. The lowest BCUT2D eigenvalue weighted by Gasteiger charge is -2.10. The standard InChI is InChI=1S/C22H21ClN4.CH5N/c23-17-6-7-21-19(11-17)20-12-18(26-13-15-4-2-1-3-5-15)10-16(22(20)27-21)8-9-25-14-24;1-2/h1-7,10-12,14,26-27H,8-9,13H2,(H2,24,25);2H2,1H3. The van der Waals surface area contributed by atoms with Crippen LogP contribution in [-0.4, -0.2) is 24.9 Å². The van der Waals surface area contributed by atoms with E-state index in [1.165, 1.54) is 24.5 Å². The number of H-pyrrole nitrogens is 1. The van der Waals surface area contributed by atoms with Crippen molar-refractivity contribution in [2.75, 3.05) is 18.9 Å². The summed E-state index contributed by atoms with van der Waals surface area (Å²) < 4.78 is 0. The lowest BCUT2D eigenvalue weighted by atomic mass is 10.0. The van der Waals surface area contributed by atoms with Crippen LogP contribution in [0.3, 0.4) is 0 Å². The molecule has 0 fully saturated rings. The number of benzene rings is 3. The predicted octanol–water partition coefficient (Wildman–Crippen LogP) is 4.69. The van der Waals surface area contributed by atoms with Crippen LogP contribution in [0, 0.1) is 0 Å². The summed E-state index contributed by atoms with van der Waals surface area (Å²) in [5, 5.41) is 6.57. The van der Waals surface area contributed by atoms with Gasteiger partial charge in [0.25, 0.3) is 0 Å². The molecule has 0 saturated heterocycles. The van der Waals surface area contributed by atoms with E-state index in [4.69, 9.17) is 17.3 Å². The van der Waals surface area contributed by atoms with Crippen molar-refractivity contribution in [3.63, 3.8) is 0 Å². The molecule has 0 aliphatic heterocycles. The third kappa shape index (κ3) is 4.88. The molecule has 0 unspecified atom stereocenters. The molecule has 0 radical (unpaired) electrons. The lowest BCUT2D eigenvalue weighted by Crippen LogP contribution is -2.01. The molecule has 4 rings (SSSR count). The summed E-state index contributed by atoms with van der Waals surface area (Å²) in [7, 11) is 1.50. The molecule has 0 bridgehead atoms. The molecular weight excluding hydrogens is 382 g/mol. The SMILES string of the molecule is CN.NC=NCCc1cc(NCc2ccccc2)cc2c1[nH]c1ccc(Cl)cc12. The van der Waals surface area contributed by atoms with Gasteiger partial charge in [-0.25, -0.2) is 0 Å². The summed E-state index contributed by atoms with van der Waals surface area (Å²) in [6, 6.07) is 20.7. The first-order valence-corrected chi connectivity index (χ1v) is 9.92. The van der Waals surface area contributed by atoms with Gasteiger partial charge in [-0.2, -0.15) is 0 Å². The molecule has 0 spiro atoms. The maximum atomic E-state index is 6.24. The van der Waals surface area contributed by atoms with Gasteiger partial charge in [-0.15, -0.1) is 0 Å². The molecule has 6 N–H and O–H groups in total. The highest BCUT2D eigenvalue weighted by Crippen LogP contribution is 2.32. The van der Waals surface area contributed by atoms with Crippen molar-refractivity contribution in [2.45, 2.75) is 13.0 Å². The van der Waals surface area contributed by atoms with Gasteiger partial charge < -0.3 is 21.8 Å². The van der Waals surface area contributed by atoms with Gasteiger partial charge in [-0.05, 0) is 54.9 Å². The number of aromatic amines is 1. The molecule has 1 heterocycles. The summed E-state index contributed by atoms with van der Waals surface area (Å²) in [6.45, 7) is 1.43. The Balaban J connectivity index is 0.00000117. The van der Waals surface area contributed by atoms with E-state index < -0.39 is 0 Å². The van der Waals surface area contributed by atoms with Gasteiger partial charge in [0.2, 0.25) is 0 Å². The van der Waals surface area contributed by atoms with E-state index in [0.29, 0.717) is 6.54 Å². The number of nitrogens with zero attached hydrogens (tertiary/aromatic N) is 1. The van der Waals surface area contributed by atoms with Crippen molar-refractivity contribution in [3.05, 3.63) is 76.8 Å². The number of halogens is 1. The molecule has 0 aliphatic rings. The molecule has 0 saturated carbocycles. The summed E-state index contributed by atoms with van der Waals surface area (Å²) in [5.41, 5.74) is 15.6. The van der Waals surface area contributed by atoms with Gasteiger partial charge in [0.05, 0.1) is 6.34 Å². The Kier molecular flexibility index (Phi) is 7.11. The summed E-state index contributed by atoms with van der Waals surface area (Å²) in [6.07, 6.45) is 2.17. The molecule has 29 heavy (non-hydrogen) atoms.